The summed E-state index contributed by atoms with van der Waals surface area (Å²) >= 11 is 0. The molecule has 0 aliphatic carbocycles. The lowest BCUT2D eigenvalue weighted by atomic mass is 10.3. The van der Waals surface area contributed by atoms with Crippen molar-refractivity contribution >= 4 is 0 Å². The van der Waals surface area contributed by atoms with Crippen LogP contribution in [-0.4, -0.2) is 15.4 Å². The van der Waals surface area contributed by atoms with Gasteiger partial charge < -0.3 is 10.5 Å². The third-order valence-electron chi connectivity index (χ3n) is 1.04. The minimum atomic E-state index is 0. The Kier molecular flexibility index (Phi) is 3.71. The lowest BCUT2D eigenvalue weighted by Gasteiger charge is -1.85. The summed E-state index contributed by atoms with van der Waals surface area (Å²) in [6.45, 7) is 2.14. The SMILES string of the molecule is CCCc1ncc[nH]1.O. The van der Waals surface area contributed by atoms with Crippen LogP contribution in [0.15, 0.2) is 12.4 Å². The van der Waals surface area contributed by atoms with E-state index in [4.69, 9.17) is 0 Å². The molecule has 3 nitrogen and oxygen atoms in total. The zero-order chi connectivity index (χ0) is 5.82. The molecule has 0 amide bonds. The van der Waals surface area contributed by atoms with Gasteiger partial charge in [-0.15, -0.1) is 0 Å². The lowest BCUT2D eigenvalue weighted by molar-refractivity contribution is 0.824. The van der Waals surface area contributed by atoms with Crippen molar-refractivity contribution in [2.45, 2.75) is 19.8 Å². The quantitative estimate of drug-likeness (QED) is 0.620. The van der Waals surface area contributed by atoms with Crippen LogP contribution in [0.25, 0.3) is 0 Å². The van der Waals surface area contributed by atoms with Crippen LogP contribution in [0.3, 0.4) is 0 Å². The van der Waals surface area contributed by atoms with E-state index in [-0.39, 0.29) is 5.48 Å². The van der Waals surface area contributed by atoms with Crippen LogP contribution in [0, 0.1) is 0 Å². The van der Waals surface area contributed by atoms with Crippen molar-refractivity contribution < 1.29 is 5.48 Å². The predicted octanol–water partition coefficient (Wildman–Crippen LogP) is 0.537. The molecule has 0 fully saturated rings. The molecule has 1 heterocycles. The molecule has 1 rings (SSSR count). The average Bonchev–Trinajstić information content (AvgIpc) is 2.19. The summed E-state index contributed by atoms with van der Waals surface area (Å²) < 4.78 is 0. The third kappa shape index (κ3) is 2.28. The van der Waals surface area contributed by atoms with Crippen molar-refractivity contribution in [1.82, 2.24) is 9.97 Å². The minimum absolute atomic E-state index is 0. The van der Waals surface area contributed by atoms with E-state index in [2.05, 4.69) is 16.9 Å². The standard InChI is InChI=1S/C6H10N2.H2O/c1-2-3-6-7-4-5-8-6;/h4-5H,2-3H2,1H3,(H,7,8);1H2. The van der Waals surface area contributed by atoms with E-state index in [1.807, 2.05) is 6.20 Å². The zero-order valence-electron chi connectivity index (χ0n) is 5.52. The van der Waals surface area contributed by atoms with Gasteiger partial charge in [0, 0.05) is 18.8 Å². The minimum Gasteiger partial charge on any atom is -0.412 e. The predicted molar refractivity (Wildman–Crippen MR) is 36.2 cm³/mol. The molecule has 0 atom stereocenters. The van der Waals surface area contributed by atoms with Crippen LogP contribution in [0.4, 0.5) is 0 Å². The Bertz CT molecular complexity index is 137. The number of nitrogens with one attached hydrogen (secondary N) is 1. The van der Waals surface area contributed by atoms with Gasteiger partial charge in [0.1, 0.15) is 5.82 Å². The van der Waals surface area contributed by atoms with Gasteiger partial charge in [-0.1, -0.05) is 6.92 Å². The van der Waals surface area contributed by atoms with Crippen LogP contribution in [0.1, 0.15) is 19.2 Å². The van der Waals surface area contributed by atoms with Crippen LogP contribution in [0.2, 0.25) is 0 Å². The van der Waals surface area contributed by atoms with Crippen molar-refractivity contribution in [2.75, 3.05) is 0 Å². The maximum atomic E-state index is 4.05. The van der Waals surface area contributed by atoms with Crippen molar-refractivity contribution in [3.05, 3.63) is 18.2 Å². The van der Waals surface area contributed by atoms with Crippen molar-refractivity contribution in [2.24, 2.45) is 0 Å². The highest BCUT2D eigenvalue weighted by Crippen LogP contribution is 1.91. The largest absolute Gasteiger partial charge is 0.412 e. The summed E-state index contributed by atoms with van der Waals surface area (Å²) in [6, 6.07) is 0. The van der Waals surface area contributed by atoms with Crippen LogP contribution in [-0.2, 0) is 6.42 Å². The average molecular weight is 128 g/mol. The first kappa shape index (κ1) is 8.17. The Morgan fingerprint density at radius 1 is 1.67 bits per heavy atom. The number of aromatic nitrogens is 2. The second-order valence-electron chi connectivity index (χ2n) is 1.79. The van der Waals surface area contributed by atoms with E-state index in [1.165, 1.54) is 0 Å². The Morgan fingerprint density at radius 2 is 2.44 bits per heavy atom. The number of hydrogen-bond donors (Lipinski definition) is 1. The Labute approximate surface area is 54.4 Å². The van der Waals surface area contributed by atoms with E-state index in [0.717, 1.165) is 18.7 Å². The van der Waals surface area contributed by atoms with Gasteiger partial charge in [0.2, 0.25) is 0 Å². The summed E-state index contributed by atoms with van der Waals surface area (Å²) in [5.41, 5.74) is 0. The monoisotopic (exact) mass is 128 g/mol. The highest BCUT2D eigenvalue weighted by molar-refractivity contribution is 4.85. The fourth-order valence-corrected chi connectivity index (χ4v) is 0.671. The third-order valence-corrected chi connectivity index (χ3v) is 1.04. The number of hydrogen-bond acceptors (Lipinski definition) is 1. The molecule has 3 heteroatoms. The highest BCUT2D eigenvalue weighted by atomic mass is 16.0. The molecule has 0 aromatic carbocycles. The number of imidazole rings is 1. The molecule has 9 heavy (non-hydrogen) atoms. The van der Waals surface area contributed by atoms with Crippen molar-refractivity contribution in [3.63, 3.8) is 0 Å². The molecule has 3 N–H and O–H groups in total. The fourth-order valence-electron chi connectivity index (χ4n) is 0.671. The van der Waals surface area contributed by atoms with E-state index in [0.29, 0.717) is 0 Å². The summed E-state index contributed by atoms with van der Waals surface area (Å²) in [4.78, 5) is 7.08. The summed E-state index contributed by atoms with van der Waals surface area (Å²) in [7, 11) is 0. The van der Waals surface area contributed by atoms with Gasteiger partial charge in [-0.25, -0.2) is 4.98 Å². The highest BCUT2D eigenvalue weighted by Gasteiger charge is 1.87. The Hall–Kier alpha value is -0.830. The number of aromatic amines is 1. The lowest BCUT2D eigenvalue weighted by Crippen LogP contribution is -1.83. The number of nitrogens with zero attached hydrogens (tertiary/aromatic N) is 1. The molecular formula is C6H12N2O. The zero-order valence-corrected chi connectivity index (χ0v) is 5.52. The molecule has 0 aliphatic heterocycles. The summed E-state index contributed by atoms with van der Waals surface area (Å²) in [6.07, 6.45) is 5.86. The smallest absolute Gasteiger partial charge is 0.105 e. The maximum Gasteiger partial charge on any atom is 0.105 e. The normalized spacial score (nSPS) is 8.56. The fraction of sp³-hybridized carbons (Fsp3) is 0.500. The van der Waals surface area contributed by atoms with E-state index in [9.17, 15) is 0 Å². The molecule has 0 spiro atoms. The van der Waals surface area contributed by atoms with E-state index in [1.54, 1.807) is 6.20 Å². The van der Waals surface area contributed by atoms with Crippen LogP contribution < -0.4 is 0 Å². The second kappa shape index (κ2) is 4.09. The van der Waals surface area contributed by atoms with Crippen LogP contribution in [0.5, 0.6) is 0 Å². The molecule has 0 saturated carbocycles. The van der Waals surface area contributed by atoms with E-state index < -0.39 is 0 Å². The Morgan fingerprint density at radius 3 is 2.89 bits per heavy atom. The van der Waals surface area contributed by atoms with Crippen molar-refractivity contribution in [3.8, 4) is 0 Å². The molecule has 1 aromatic heterocycles. The molecule has 0 unspecified atom stereocenters. The first-order valence-electron chi connectivity index (χ1n) is 2.91. The van der Waals surface area contributed by atoms with E-state index >= 15 is 0 Å². The number of rotatable bonds is 2. The molecule has 52 valence electrons. The molecule has 0 aliphatic rings. The second-order valence-corrected chi connectivity index (χ2v) is 1.79. The molecule has 0 radical (unpaired) electrons. The van der Waals surface area contributed by atoms with Gasteiger partial charge >= 0.3 is 0 Å². The molecule has 1 aromatic rings. The van der Waals surface area contributed by atoms with Crippen molar-refractivity contribution in [1.29, 1.82) is 0 Å². The Balaban J connectivity index is 0.000000640. The topological polar surface area (TPSA) is 60.2 Å². The van der Waals surface area contributed by atoms with Gasteiger partial charge in [0.25, 0.3) is 0 Å². The summed E-state index contributed by atoms with van der Waals surface area (Å²) in [5.74, 6) is 1.09. The van der Waals surface area contributed by atoms with Gasteiger partial charge in [0.15, 0.2) is 0 Å². The summed E-state index contributed by atoms with van der Waals surface area (Å²) in [5, 5.41) is 0. The number of aryl methyl sites for hydroxylation is 1. The van der Waals surface area contributed by atoms with Gasteiger partial charge in [0.05, 0.1) is 0 Å². The van der Waals surface area contributed by atoms with Crippen LogP contribution >= 0.6 is 0 Å². The molecule has 0 bridgehead atoms. The van der Waals surface area contributed by atoms with Gasteiger partial charge in [-0.3, -0.25) is 0 Å². The van der Waals surface area contributed by atoms with Gasteiger partial charge in [-0.05, 0) is 6.42 Å². The molecule has 0 saturated heterocycles. The molecular weight excluding hydrogens is 116 g/mol. The van der Waals surface area contributed by atoms with Gasteiger partial charge in [-0.2, -0.15) is 0 Å². The maximum absolute atomic E-state index is 4.05. The first-order chi connectivity index (χ1) is 3.93. The first-order valence-corrected chi connectivity index (χ1v) is 2.91. The number of H-pyrrole nitrogens is 1.